The van der Waals surface area contributed by atoms with Gasteiger partial charge >= 0.3 is 0 Å². The number of hydrogen-bond acceptors (Lipinski definition) is 5. The molecule has 0 aromatic carbocycles. The molecular weight excluding hydrogens is 350 g/mol. The van der Waals surface area contributed by atoms with E-state index in [-0.39, 0.29) is 0 Å². The lowest BCUT2D eigenvalue weighted by Crippen LogP contribution is -2.37. The summed E-state index contributed by atoms with van der Waals surface area (Å²) in [5, 5.41) is 9.74. The number of rotatable bonds is 6. The van der Waals surface area contributed by atoms with E-state index in [9.17, 15) is 0 Å². The third kappa shape index (κ3) is 3.73. The van der Waals surface area contributed by atoms with E-state index in [1.807, 2.05) is 11.4 Å². The second-order valence-electron chi connectivity index (χ2n) is 5.55. The molecule has 1 fully saturated rings. The summed E-state index contributed by atoms with van der Waals surface area (Å²) in [6.45, 7) is 3.14. The van der Waals surface area contributed by atoms with Crippen molar-refractivity contribution in [2.75, 3.05) is 6.54 Å². The van der Waals surface area contributed by atoms with Crippen LogP contribution in [0.25, 0.3) is 10.7 Å². The first kappa shape index (κ1) is 15.2. The van der Waals surface area contributed by atoms with Crippen LogP contribution in [0.1, 0.15) is 38.5 Å². The van der Waals surface area contributed by atoms with Crippen LogP contribution in [0.2, 0.25) is 0 Å². The molecule has 2 aromatic rings. The van der Waals surface area contributed by atoms with Crippen LogP contribution in [0.15, 0.2) is 20.4 Å². The van der Waals surface area contributed by atoms with Crippen molar-refractivity contribution in [2.24, 2.45) is 5.92 Å². The minimum absolute atomic E-state index is 0.459. The molecule has 1 atom stereocenters. The van der Waals surface area contributed by atoms with Crippen LogP contribution in [-0.2, 0) is 6.42 Å². The molecule has 0 spiro atoms. The van der Waals surface area contributed by atoms with Crippen molar-refractivity contribution < 1.29 is 4.52 Å². The maximum Gasteiger partial charge on any atom is 0.228 e. The van der Waals surface area contributed by atoms with E-state index in [0.29, 0.717) is 11.9 Å². The molecule has 21 heavy (non-hydrogen) atoms. The molecule has 4 nitrogen and oxygen atoms in total. The van der Waals surface area contributed by atoms with Gasteiger partial charge in [-0.15, -0.1) is 11.3 Å². The Hall–Kier alpha value is -0.720. The molecule has 1 N–H and O–H groups in total. The Bertz CT molecular complexity index is 577. The van der Waals surface area contributed by atoms with Crippen LogP contribution < -0.4 is 5.32 Å². The molecule has 3 rings (SSSR count). The van der Waals surface area contributed by atoms with E-state index in [0.717, 1.165) is 34.1 Å². The maximum absolute atomic E-state index is 5.45. The van der Waals surface area contributed by atoms with Crippen molar-refractivity contribution in [3.63, 3.8) is 0 Å². The fourth-order valence-corrected chi connectivity index (χ4v) is 4.44. The third-order valence-electron chi connectivity index (χ3n) is 4.09. The summed E-state index contributed by atoms with van der Waals surface area (Å²) >= 11 is 5.08. The summed E-state index contributed by atoms with van der Waals surface area (Å²) in [5.41, 5.74) is 0. The average Bonchev–Trinajstić information content (AvgIpc) is 3.18. The SMILES string of the molecule is CCNC(Cc1nc(-c2cc(Br)cs2)no1)C1CCCC1. The molecule has 0 saturated heterocycles. The van der Waals surface area contributed by atoms with Crippen LogP contribution in [0, 0.1) is 5.92 Å². The van der Waals surface area contributed by atoms with Crippen molar-refractivity contribution in [3.05, 3.63) is 21.8 Å². The monoisotopic (exact) mass is 369 g/mol. The standard InChI is InChI=1S/C15H20BrN3OS/c1-2-17-12(10-5-3-4-6-10)8-14-18-15(19-20-14)13-7-11(16)9-21-13/h7,9-10,12,17H,2-6,8H2,1H3. The van der Waals surface area contributed by atoms with Gasteiger partial charge in [0.2, 0.25) is 11.7 Å². The Morgan fingerprint density at radius 3 is 2.95 bits per heavy atom. The van der Waals surface area contributed by atoms with Crippen LogP contribution >= 0.6 is 27.3 Å². The molecule has 1 unspecified atom stereocenters. The smallest absolute Gasteiger partial charge is 0.228 e. The highest BCUT2D eigenvalue weighted by Gasteiger charge is 2.26. The Morgan fingerprint density at radius 1 is 1.48 bits per heavy atom. The lowest BCUT2D eigenvalue weighted by atomic mass is 9.95. The Labute approximate surface area is 137 Å². The minimum atomic E-state index is 0.459. The topological polar surface area (TPSA) is 51.0 Å². The van der Waals surface area contributed by atoms with Gasteiger partial charge in [0.05, 0.1) is 4.88 Å². The lowest BCUT2D eigenvalue weighted by Gasteiger charge is -2.22. The number of nitrogens with zero attached hydrogens (tertiary/aromatic N) is 2. The molecule has 114 valence electrons. The van der Waals surface area contributed by atoms with Gasteiger partial charge in [0.1, 0.15) is 0 Å². The maximum atomic E-state index is 5.45. The van der Waals surface area contributed by atoms with Gasteiger partial charge in [0, 0.05) is 22.3 Å². The summed E-state index contributed by atoms with van der Waals surface area (Å²) in [7, 11) is 0. The summed E-state index contributed by atoms with van der Waals surface area (Å²) in [4.78, 5) is 5.60. The van der Waals surface area contributed by atoms with E-state index >= 15 is 0 Å². The first-order valence-corrected chi connectivity index (χ1v) is 9.24. The first-order chi connectivity index (χ1) is 10.3. The molecule has 2 aromatic heterocycles. The number of halogens is 1. The average molecular weight is 370 g/mol. The van der Waals surface area contributed by atoms with E-state index < -0.39 is 0 Å². The highest BCUT2D eigenvalue weighted by Crippen LogP contribution is 2.30. The van der Waals surface area contributed by atoms with Gasteiger partial charge in [0.15, 0.2) is 0 Å². The van der Waals surface area contributed by atoms with Gasteiger partial charge in [-0.2, -0.15) is 4.98 Å². The molecule has 2 heterocycles. The molecule has 1 saturated carbocycles. The van der Waals surface area contributed by atoms with Gasteiger partial charge in [-0.25, -0.2) is 0 Å². The number of hydrogen-bond donors (Lipinski definition) is 1. The second-order valence-corrected chi connectivity index (χ2v) is 7.38. The molecule has 1 aliphatic rings. The van der Waals surface area contributed by atoms with Crippen LogP contribution in [0.4, 0.5) is 0 Å². The lowest BCUT2D eigenvalue weighted by molar-refractivity contribution is 0.311. The summed E-state index contributed by atoms with van der Waals surface area (Å²) in [6, 6.07) is 2.48. The second kappa shape index (κ2) is 7.03. The molecule has 0 radical (unpaired) electrons. The summed E-state index contributed by atoms with van der Waals surface area (Å²) < 4.78 is 6.52. The van der Waals surface area contributed by atoms with Gasteiger partial charge in [-0.05, 0) is 47.3 Å². The zero-order valence-electron chi connectivity index (χ0n) is 12.1. The molecule has 6 heteroatoms. The molecule has 0 aliphatic heterocycles. The fraction of sp³-hybridized carbons (Fsp3) is 0.600. The van der Waals surface area contributed by atoms with Gasteiger partial charge in [-0.1, -0.05) is 24.9 Å². The Balaban J connectivity index is 1.69. The van der Waals surface area contributed by atoms with E-state index in [2.05, 4.69) is 38.3 Å². The largest absolute Gasteiger partial charge is 0.339 e. The van der Waals surface area contributed by atoms with Crippen LogP contribution in [0.5, 0.6) is 0 Å². The molecule has 0 amide bonds. The van der Waals surface area contributed by atoms with Gasteiger partial charge in [-0.3, -0.25) is 0 Å². The summed E-state index contributed by atoms with van der Waals surface area (Å²) in [5.74, 6) is 2.19. The first-order valence-electron chi connectivity index (χ1n) is 7.56. The molecule has 0 bridgehead atoms. The number of aromatic nitrogens is 2. The zero-order valence-corrected chi connectivity index (χ0v) is 14.5. The highest BCUT2D eigenvalue weighted by atomic mass is 79.9. The van der Waals surface area contributed by atoms with Crippen molar-refractivity contribution in [2.45, 2.75) is 45.1 Å². The molecule has 1 aliphatic carbocycles. The van der Waals surface area contributed by atoms with E-state index in [4.69, 9.17) is 4.52 Å². The van der Waals surface area contributed by atoms with Gasteiger partial charge < -0.3 is 9.84 Å². The van der Waals surface area contributed by atoms with Crippen molar-refractivity contribution in [3.8, 4) is 10.7 Å². The summed E-state index contributed by atoms with van der Waals surface area (Å²) in [6.07, 6.45) is 6.17. The third-order valence-corrected chi connectivity index (χ3v) is 5.77. The van der Waals surface area contributed by atoms with E-state index in [1.165, 1.54) is 25.7 Å². The Kier molecular flexibility index (Phi) is 5.08. The normalized spacial score (nSPS) is 17.4. The quantitative estimate of drug-likeness (QED) is 0.825. The van der Waals surface area contributed by atoms with Crippen molar-refractivity contribution >= 4 is 27.3 Å². The number of nitrogens with one attached hydrogen (secondary N) is 1. The fourth-order valence-electron chi connectivity index (χ4n) is 3.08. The number of thiophene rings is 1. The predicted octanol–water partition coefficient (Wildman–Crippen LogP) is 4.27. The van der Waals surface area contributed by atoms with Crippen LogP contribution in [0.3, 0.4) is 0 Å². The number of likely N-dealkylation sites (N-methyl/N-ethyl adjacent to an activating group) is 1. The van der Waals surface area contributed by atoms with Crippen molar-refractivity contribution in [1.82, 2.24) is 15.5 Å². The van der Waals surface area contributed by atoms with Crippen molar-refractivity contribution in [1.29, 1.82) is 0 Å². The van der Waals surface area contributed by atoms with E-state index in [1.54, 1.807) is 11.3 Å². The van der Waals surface area contributed by atoms with Crippen LogP contribution in [-0.4, -0.2) is 22.7 Å². The highest BCUT2D eigenvalue weighted by molar-refractivity contribution is 9.10. The zero-order chi connectivity index (χ0) is 14.7. The predicted molar refractivity (Wildman–Crippen MR) is 88.4 cm³/mol. The molecular formula is C15H20BrN3OS. The van der Waals surface area contributed by atoms with Gasteiger partial charge in [0.25, 0.3) is 0 Å². The minimum Gasteiger partial charge on any atom is -0.339 e. The Morgan fingerprint density at radius 2 is 2.29 bits per heavy atom.